The van der Waals surface area contributed by atoms with E-state index in [0.717, 1.165) is 11.1 Å². The van der Waals surface area contributed by atoms with E-state index in [1.165, 1.54) is 33.5 Å². The summed E-state index contributed by atoms with van der Waals surface area (Å²) in [6, 6.07) is 20.2. The van der Waals surface area contributed by atoms with Crippen LogP contribution in [0.3, 0.4) is 0 Å². The summed E-state index contributed by atoms with van der Waals surface area (Å²) >= 11 is 0. The normalized spacial score (nSPS) is 14.3. The third-order valence-electron chi connectivity index (χ3n) is 7.32. The van der Waals surface area contributed by atoms with E-state index < -0.39 is 16.1 Å². The number of rotatable bonds is 14. The molecule has 1 fully saturated rings. The van der Waals surface area contributed by atoms with Gasteiger partial charge in [0, 0.05) is 26.2 Å². The molecule has 11 nitrogen and oxygen atoms in total. The highest BCUT2D eigenvalue weighted by Gasteiger charge is 2.28. The molecule has 0 saturated carbocycles. The molecule has 3 aromatic rings. The summed E-state index contributed by atoms with van der Waals surface area (Å²) in [5.74, 6) is 0.887. The minimum absolute atomic E-state index is 0.141. The van der Waals surface area contributed by atoms with Crippen molar-refractivity contribution in [1.29, 1.82) is 0 Å². The zero-order chi connectivity index (χ0) is 31.5. The lowest BCUT2D eigenvalue weighted by Crippen LogP contribution is -2.49. The molecule has 0 bridgehead atoms. The van der Waals surface area contributed by atoms with Gasteiger partial charge in [0.2, 0.25) is 15.9 Å². The van der Waals surface area contributed by atoms with Crippen LogP contribution in [0.4, 0.5) is 0 Å². The summed E-state index contributed by atoms with van der Waals surface area (Å²) < 4.78 is 48.8. The van der Waals surface area contributed by atoms with Crippen LogP contribution in [0.15, 0.2) is 77.7 Å². The SMILES string of the molecule is COc1ccc(CCNC(=O)[C@H](C)N(Cc2ccccc2)C(=O)COc2ccc(S(=O)(=O)N3CCOCC3)cc2)cc1OC. The molecule has 0 spiro atoms. The first-order valence-electron chi connectivity index (χ1n) is 14.4. The molecule has 1 N–H and O–H groups in total. The summed E-state index contributed by atoms with van der Waals surface area (Å²) in [7, 11) is -0.504. The maximum absolute atomic E-state index is 13.4. The van der Waals surface area contributed by atoms with Gasteiger partial charge in [0.25, 0.3) is 5.91 Å². The Labute approximate surface area is 258 Å². The van der Waals surface area contributed by atoms with Crippen molar-refractivity contribution in [2.75, 3.05) is 53.7 Å². The molecule has 1 aliphatic rings. The van der Waals surface area contributed by atoms with E-state index in [0.29, 0.717) is 56.5 Å². The van der Waals surface area contributed by atoms with Crippen molar-refractivity contribution in [3.05, 3.63) is 83.9 Å². The van der Waals surface area contributed by atoms with E-state index in [4.69, 9.17) is 18.9 Å². The molecule has 0 aliphatic carbocycles. The zero-order valence-electron chi connectivity index (χ0n) is 25.2. The van der Waals surface area contributed by atoms with Crippen LogP contribution in [0.5, 0.6) is 17.2 Å². The minimum Gasteiger partial charge on any atom is -0.493 e. The Balaban J connectivity index is 1.37. The van der Waals surface area contributed by atoms with Gasteiger partial charge in [-0.3, -0.25) is 9.59 Å². The molecule has 0 unspecified atom stereocenters. The fraction of sp³-hybridized carbons (Fsp3) is 0.375. The van der Waals surface area contributed by atoms with Crippen molar-refractivity contribution in [3.8, 4) is 17.2 Å². The molecule has 2 amide bonds. The summed E-state index contributed by atoms with van der Waals surface area (Å²) in [5, 5.41) is 2.92. The predicted octanol–water partition coefficient (Wildman–Crippen LogP) is 2.88. The van der Waals surface area contributed by atoms with Gasteiger partial charge in [0.1, 0.15) is 11.8 Å². The van der Waals surface area contributed by atoms with Gasteiger partial charge in [-0.15, -0.1) is 0 Å². The van der Waals surface area contributed by atoms with Crippen LogP contribution in [-0.2, 0) is 37.3 Å². The van der Waals surface area contributed by atoms with Gasteiger partial charge in [0.15, 0.2) is 18.1 Å². The Morgan fingerprint density at radius 3 is 2.27 bits per heavy atom. The summed E-state index contributed by atoms with van der Waals surface area (Å²) in [6.07, 6.45) is 0.561. The van der Waals surface area contributed by atoms with E-state index >= 15 is 0 Å². The number of hydrogen-bond acceptors (Lipinski definition) is 8. The maximum atomic E-state index is 13.4. The molecule has 3 aromatic carbocycles. The Bertz CT molecular complexity index is 1490. The van der Waals surface area contributed by atoms with Gasteiger partial charge in [-0.25, -0.2) is 8.42 Å². The monoisotopic (exact) mass is 625 g/mol. The number of hydrogen-bond donors (Lipinski definition) is 1. The number of benzene rings is 3. The highest BCUT2D eigenvalue weighted by molar-refractivity contribution is 7.89. The Morgan fingerprint density at radius 2 is 1.61 bits per heavy atom. The molecule has 0 aromatic heterocycles. The summed E-state index contributed by atoms with van der Waals surface area (Å²) in [4.78, 5) is 28.2. The standard InChI is InChI=1S/C32H39N3O8S/c1-24(32(37)33-16-15-25-9-14-29(40-2)30(21-25)41-3)35(22-26-7-5-4-6-8-26)31(36)23-43-27-10-12-28(13-11-27)44(38,39)34-17-19-42-20-18-34/h4-14,21,24H,15-20,22-23H2,1-3H3,(H,33,37)/t24-/m0/s1. The van der Waals surface area contributed by atoms with Crippen molar-refractivity contribution < 1.29 is 37.0 Å². The van der Waals surface area contributed by atoms with E-state index in [-0.39, 0.29) is 29.9 Å². The number of morpholine rings is 1. The number of methoxy groups -OCH3 is 2. The Morgan fingerprint density at radius 1 is 0.932 bits per heavy atom. The minimum atomic E-state index is -3.64. The van der Waals surface area contributed by atoms with Crippen molar-refractivity contribution in [1.82, 2.24) is 14.5 Å². The average Bonchev–Trinajstić information content (AvgIpc) is 3.06. The van der Waals surface area contributed by atoms with Crippen molar-refractivity contribution in [2.24, 2.45) is 0 Å². The van der Waals surface area contributed by atoms with Gasteiger partial charge in [0.05, 0.1) is 32.3 Å². The van der Waals surface area contributed by atoms with Crippen molar-refractivity contribution in [2.45, 2.75) is 30.8 Å². The van der Waals surface area contributed by atoms with Crippen LogP contribution in [0.2, 0.25) is 0 Å². The molecule has 1 heterocycles. The van der Waals surface area contributed by atoms with Crippen LogP contribution in [0, 0.1) is 0 Å². The maximum Gasteiger partial charge on any atom is 0.261 e. The quantitative estimate of drug-likeness (QED) is 0.290. The first-order valence-corrected chi connectivity index (χ1v) is 15.8. The molecule has 12 heteroatoms. The smallest absolute Gasteiger partial charge is 0.261 e. The van der Waals surface area contributed by atoms with Crippen molar-refractivity contribution in [3.63, 3.8) is 0 Å². The van der Waals surface area contributed by atoms with Crippen molar-refractivity contribution >= 4 is 21.8 Å². The van der Waals surface area contributed by atoms with Gasteiger partial charge >= 0.3 is 0 Å². The largest absolute Gasteiger partial charge is 0.493 e. The fourth-order valence-electron chi connectivity index (χ4n) is 4.75. The molecule has 4 rings (SSSR count). The number of nitrogens with zero attached hydrogens (tertiary/aromatic N) is 2. The van der Waals surface area contributed by atoms with Crippen LogP contribution in [0.1, 0.15) is 18.1 Å². The molecule has 1 saturated heterocycles. The van der Waals surface area contributed by atoms with E-state index in [9.17, 15) is 18.0 Å². The van der Waals surface area contributed by atoms with E-state index in [1.807, 2.05) is 48.5 Å². The lowest BCUT2D eigenvalue weighted by atomic mass is 10.1. The average molecular weight is 626 g/mol. The number of carbonyl (C=O) groups excluding carboxylic acids is 2. The third-order valence-corrected chi connectivity index (χ3v) is 9.23. The number of ether oxygens (including phenoxy) is 4. The van der Waals surface area contributed by atoms with Crippen LogP contribution in [0.25, 0.3) is 0 Å². The van der Waals surface area contributed by atoms with E-state index in [2.05, 4.69) is 5.32 Å². The third kappa shape index (κ3) is 8.49. The first kappa shape index (κ1) is 32.8. The molecule has 1 aliphatic heterocycles. The second-order valence-corrected chi connectivity index (χ2v) is 12.1. The van der Waals surface area contributed by atoms with E-state index in [1.54, 1.807) is 21.1 Å². The number of sulfonamides is 1. The Kier molecular flexibility index (Phi) is 11.6. The fourth-order valence-corrected chi connectivity index (χ4v) is 6.16. The second kappa shape index (κ2) is 15.6. The summed E-state index contributed by atoms with van der Waals surface area (Å²) in [6.45, 7) is 3.24. The highest BCUT2D eigenvalue weighted by atomic mass is 32.2. The number of nitrogens with one attached hydrogen (secondary N) is 1. The first-order chi connectivity index (χ1) is 21.2. The van der Waals surface area contributed by atoms with Crippen LogP contribution < -0.4 is 19.5 Å². The van der Waals surface area contributed by atoms with Gasteiger partial charge < -0.3 is 29.2 Å². The topological polar surface area (TPSA) is 124 Å². The molecule has 44 heavy (non-hydrogen) atoms. The van der Waals surface area contributed by atoms with Crippen LogP contribution in [-0.4, -0.2) is 89.2 Å². The molecule has 0 radical (unpaired) electrons. The number of amides is 2. The molecule has 236 valence electrons. The lowest BCUT2D eigenvalue weighted by molar-refractivity contribution is -0.142. The number of carbonyl (C=O) groups is 2. The molecular formula is C32H39N3O8S. The zero-order valence-corrected chi connectivity index (χ0v) is 26.0. The highest BCUT2D eigenvalue weighted by Crippen LogP contribution is 2.27. The van der Waals surface area contributed by atoms with Crippen LogP contribution >= 0.6 is 0 Å². The Hall–Kier alpha value is -4.13. The van der Waals surface area contributed by atoms with Gasteiger partial charge in [-0.1, -0.05) is 36.4 Å². The second-order valence-electron chi connectivity index (χ2n) is 10.2. The van der Waals surface area contributed by atoms with Gasteiger partial charge in [-0.2, -0.15) is 4.31 Å². The summed E-state index contributed by atoms with van der Waals surface area (Å²) in [5.41, 5.74) is 1.83. The molecule has 1 atom stereocenters. The molecular weight excluding hydrogens is 586 g/mol. The lowest BCUT2D eigenvalue weighted by Gasteiger charge is -2.29. The predicted molar refractivity (Wildman–Crippen MR) is 164 cm³/mol. The van der Waals surface area contributed by atoms with Gasteiger partial charge in [-0.05, 0) is 60.9 Å².